The Labute approximate surface area is 815 Å². The lowest BCUT2D eigenvalue weighted by molar-refractivity contribution is -0.0953. The number of nitrogens with one attached hydrogen (secondary N) is 1. The number of aliphatic hydroxyl groups is 1. The van der Waals surface area contributed by atoms with E-state index in [0.717, 1.165) is 118 Å². The second-order valence-corrected chi connectivity index (χ2v) is 36.8. The van der Waals surface area contributed by atoms with E-state index in [9.17, 15) is 81.4 Å². The van der Waals surface area contributed by atoms with Crippen LogP contribution in [-0.2, 0) is 87.6 Å². The number of aryl methyl sites for hydroxylation is 1. The van der Waals surface area contributed by atoms with Crippen LogP contribution in [0.25, 0.3) is 0 Å². The fraction of sp³-hybridized carbons (Fsp3) is 0.410. The van der Waals surface area contributed by atoms with Crippen LogP contribution in [0, 0.1) is 24.2 Å². The van der Waals surface area contributed by atoms with E-state index in [4.69, 9.17) is 82.8 Å². The molecule has 4 aromatic heterocycles. The number of phenolic OH excluding ortho intramolecular Hbond substituents is 14. The minimum absolute atomic E-state index is 0.0101. The maximum atomic E-state index is 11.4. The summed E-state index contributed by atoms with van der Waals surface area (Å²) in [4.78, 5) is 26.2. The van der Waals surface area contributed by atoms with Crippen molar-refractivity contribution < 1.29 is 119 Å². The molecule has 15 atom stereocenters. The first-order chi connectivity index (χ1) is 67.9. The minimum Gasteiger partial charge on any atom is -0.504 e. The van der Waals surface area contributed by atoms with Gasteiger partial charge in [-0.25, -0.2) is 0 Å². The monoisotopic (exact) mass is 1940 g/mol. The number of nitrogens with zero attached hydrogens (tertiary/aromatic N) is 3. The third-order valence-electron chi connectivity index (χ3n) is 27.5. The zero-order valence-corrected chi connectivity index (χ0v) is 78.8. The van der Waals surface area contributed by atoms with Crippen molar-refractivity contribution in [1.29, 1.82) is 0 Å². The van der Waals surface area contributed by atoms with E-state index in [-0.39, 0.29) is 191 Å². The van der Waals surface area contributed by atoms with Crippen LogP contribution in [0.3, 0.4) is 0 Å². The van der Waals surface area contributed by atoms with Crippen molar-refractivity contribution in [3.8, 4) is 80.5 Å². The number of aromatic amines is 1. The second-order valence-electron chi connectivity index (χ2n) is 36.8. The summed E-state index contributed by atoms with van der Waals surface area (Å²) < 4.78 is 53.0. The molecule has 0 aliphatic carbocycles. The van der Waals surface area contributed by atoms with Gasteiger partial charge in [0.05, 0.1) is 98.7 Å². The molecule has 754 valence electrons. The molecule has 36 nitrogen and oxygen atoms in total. The summed E-state index contributed by atoms with van der Waals surface area (Å²) in [5, 5.41) is 148. The fourth-order valence-corrected chi connectivity index (χ4v) is 19.6. The normalized spacial score (nSPS) is 23.6. The average Bonchev–Trinajstić information content (AvgIpc) is 0.811. The van der Waals surface area contributed by atoms with Crippen molar-refractivity contribution in [2.45, 2.75) is 177 Å². The number of ether oxygens (including phenoxy) is 9. The van der Waals surface area contributed by atoms with E-state index in [1.54, 1.807) is 85.7 Å². The lowest BCUT2D eigenvalue weighted by Crippen LogP contribution is -2.42. The molecular formula is C105H129N11O25. The lowest BCUT2D eigenvalue weighted by atomic mass is 9.80. The Kier molecular flexibility index (Phi) is 35.0. The summed E-state index contributed by atoms with van der Waals surface area (Å²) in [5.74, 6) is -0.640. The van der Waals surface area contributed by atoms with E-state index < -0.39 is 5.41 Å². The van der Waals surface area contributed by atoms with Gasteiger partial charge in [-0.1, -0.05) is 62.4 Å². The predicted octanol–water partition coefficient (Wildman–Crippen LogP) is 10.8. The van der Waals surface area contributed by atoms with E-state index in [1.807, 2.05) is 57.2 Å². The summed E-state index contributed by atoms with van der Waals surface area (Å²) in [6, 6.07) is 37.1. The molecule has 2 saturated heterocycles. The van der Waals surface area contributed by atoms with Gasteiger partial charge >= 0.3 is 0 Å². The number of aromatic nitrogens is 4. The first-order valence-electron chi connectivity index (χ1n) is 47.3. The number of hydrogen-bond donors (Lipinski definition) is 23. The highest BCUT2D eigenvalue weighted by Crippen LogP contribution is 2.52. The largest absolute Gasteiger partial charge is 0.504 e. The van der Waals surface area contributed by atoms with Gasteiger partial charge in [-0.2, -0.15) is 0 Å². The van der Waals surface area contributed by atoms with Crippen molar-refractivity contribution in [3.63, 3.8) is 0 Å². The number of hydrogen-bond acceptors (Lipinski definition) is 35. The number of aliphatic hydroxyl groups excluding tert-OH is 1. The SMILES string of the molecule is CC(C)(CO)C1Cc2c(ccc(O)c2O)C(CN)O1.Cc1cc(C2Cc3c(ccc(O)c3O)C(CN)O2)ccn1.NCC1OC(C2CCCOC2)Cc2c1ccc(O)c2O.NCC1OC(C2CCOCC2)Cc2c1ccc(O)c2O.NCC1OC(c2cc[nH]c(=O)c2)Cc2c1ccc(O)c2O.NCC1OC(c2cccnc2)Cc2c1ccc(O)c2O.NCC1OC(c2ccncc2)Cc2c1ccc(O)c2O. The highest BCUT2D eigenvalue weighted by molar-refractivity contribution is 5.58. The number of nitrogens with two attached hydrogens (primary N) is 7. The number of rotatable bonds is 15. The Bertz CT molecular complexity index is 5910. The van der Waals surface area contributed by atoms with E-state index >= 15 is 0 Å². The summed E-state index contributed by atoms with van der Waals surface area (Å²) in [7, 11) is 0. The summed E-state index contributed by atoms with van der Waals surface area (Å²) in [5.41, 5.74) is 55.1. The maximum Gasteiger partial charge on any atom is 0.248 e. The smallest absolute Gasteiger partial charge is 0.248 e. The van der Waals surface area contributed by atoms with Gasteiger partial charge in [0.15, 0.2) is 80.5 Å². The summed E-state index contributed by atoms with van der Waals surface area (Å²) in [6.45, 7) is 10.9. The molecule has 11 aromatic rings. The molecule has 0 spiro atoms. The zero-order valence-electron chi connectivity index (χ0n) is 78.8. The highest BCUT2D eigenvalue weighted by atomic mass is 16.5. The molecule has 9 aliphatic rings. The molecule has 15 unspecified atom stereocenters. The molecule has 0 radical (unpaired) electrons. The number of benzene rings is 7. The molecule has 0 amide bonds. The van der Waals surface area contributed by atoms with Gasteiger partial charge in [-0.15, -0.1) is 0 Å². The van der Waals surface area contributed by atoms with Crippen LogP contribution in [0.5, 0.6) is 80.5 Å². The Balaban J connectivity index is 0.000000131. The van der Waals surface area contributed by atoms with Crippen molar-refractivity contribution in [1.82, 2.24) is 19.9 Å². The predicted molar refractivity (Wildman–Crippen MR) is 519 cm³/mol. The van der Waals surface area contributed by atoms with Crippen LogP contribution in [0.2, 0.25) is 0 Å². The first-order valence-corrected chi connectivity index (χ1v) is 47.3. The van der Waals surface area contributed by atoms with E-state index in [2.05, 4.69) is 19.9 Å². The molecule has 20 rings (SSSR count). The molecule has 30 N–H and O–H groups in total. The van der Waals surface area contributed by atoms with Crippen LogP contribution in [-0.4, -0.2) is 194 Å². The molecule has 0 bridgehead atoms. The Hall–Kier alpha value is -12.5. The number of pyridine rings is 4. The Morgan fingerprint density at radius 2 is 0.702 bits per heavy atom. The van der Waals surface area contributed by atoms with Crippen LogP contribution in [0.1, 0.15) is 213 Å². The first kappa shape index (κ1) is 104. The lowest BCUT2D eigenvalue weighted by Gasteiger charge is -2.40. The van der Waals surface area contributed by atoms with Gasteiger partial charge in [0.2, 0.25) is 5.56 Å². The molecule has 13 heterocycles. The average molecular weight is 1950 g/mol. The third kappa shape index (κ3) is 23.9. The molecule has 7 aromatic carbocycles. The zero-order chi connectivity index (χ0) is 101. The Morgan fingerprint density at radius 1 is 0.355 bits per heavy atom. The van der Waals surface area contributed by atoms with Crippen molar-refractivity contribution in [3.05, 3.63) is 287 Å². The van der Waals surface area contributed by atoms with Crippen LogP contribution < -0.4 is 45.7 Å². The van der Waals surface area contributed by atoms with Gasteiger partial charge < -0.3 is 164 Å². The molecule has 2 fully saturated rings. The fourth-order valence-electron chi connectivity index (χ4n) is 19.6. The molecule has 9 aliphatic heterocycles. The Morgan fingerprint density at radius 3 is 1.06 bits per heavy atom. The van der Waals surface area contributed by atoms with Gasteiger partial charge in [0.25, 0.3) is 0 Å². The number of H-pyrrole nitrogens is 1. The van der Waals surface area contributed by atoms with E-state index in [0.29, 0.717) is 129 Å². The number of phenols is 14. The summed E-state index contributed by atoms with van der Waals surface area (Å²) in [6.07, 6.45) is 14.4. The highest BCUT2D eigenvalue weighted by Gasteiger charge is 2.42. The van der Waals surface area contributed by atoms with Gasteiger partial charge in [0.1, 0.15) is 0 Å². The van der Waals surface area contributed by atoms with Crippen LogP contribution >= 0.6 is 0 Å². The van der Waals surface area contributed by atoms with Crippen molar-refractivity contribution >= 4 is 0 Å². The van der Waals surface area contributed by atoms with Gasteiger partial charge in [0, 0.05) is 210 Å². The van der Waals surface area contributed by atoms with Crippen molar-refractivity contribution in [2.75, 3.05) is 78.8 Å². The van der Waals surface area contributed by atoms with Crippen LogP contribution in [0.15, 0.2) is 175 Å². The number of aromatic hydroxyl groups is 14. The topological polar surface area (TPSA) is 640 Å². The van der Waals surface area contributed by atoms with Gasteiger partial charge in [-0.3, -0.25) is 19.7 Å². The molecule has 0 saturated carbocycles. The summed E-state index contributed by atoms with van der Waals surface area (Å²) >= 11 is 0. The molecule has 141 heavy (non-hydrogen) atoms. The number of fused-ring (bicyclic) bond motifs is 7. The standard InChI is InChI=1S/C16H18N2O3.C15H16N2O4.2C15H16N2O3.2C15H21NO4.C14H21NO4/c1-9-6-10(4-5-18-9)14-7-12-11(15(8-17)21-14)2-3-13(19)16(12)20;16-7-13-9-1-2-11(18)15(20)10(9)6-12(21-13)8-3-4-17-14(19)5-8;16-8-14-10-1-2-12(18)15(19)11(10)7-13(20-14)9-3-5-17-6-4-9;16-7-14-10-3-4-12(18)15(19)11(10)6-13(20-14)9-2-1-5-17-8-9;16-8-14-10-1-2-12(17)15(18)11(10)7-13(20-14)9-3-5-19-6-4-9;16-7-14-10-3-4-12(17)15(18)11(10)6-13(20-14)9-2-1-5-19-8-9;1-14(2,7-16)12-5-9-8(11(6-15)19-12)3-4-10(17)13(9)18/h2-6,14-15,19-20H,7-8,17H2,1H3;1-5,12-13,18,20H,6-7,16H2,(H,17,19);1-6,13-14,18-19H,7-8,16H2;1-5,8,13-14,18-19H,6-7,16H2;1-2,9,13-14,17-18H,3-8,16H2;3-4,9,13-14,17-18H,1-2,5-8,16H2;3-4,11-12,16-18H,5-7,15H2,1-2H3. The quantitative estimate of drug-likeness (QED) is 0.0424. The third-order valence-corrected chi connectivity index (χ3v) is 27.5. The molecule has 36 heteroatoms. The van der Waals surface area contributed by atoms with E-state index in [1.165, 1.54) is 48.5 Å². The van der Waals surface area contributed by atoms with Crippen LogP contribution in [0.4, 0.5) is 0 Å². The second kappa shape index (κ2) is 47.4. The van der Waals surface area contributed by atoms with Gasteiger partial charge in [-0.05, 0) is 179 Å². The maximum absolute atomic E-state index is 11.4. The minimum atomic E-state index is -0.441. The van der Waals surface area contributed by atoms with Crippen molar-refractivity contribution in [2.24, 2.45) is 57.4 Å². The molecular weight excluding hydrogens is 1820 g/mol.